The average molecular weight is 1200 g/mol. The summed E-state index contributed by atoms with van der Waals surface area (Å²) in [5.41, 5.74) is 22.0. The quantitative estimate of drug-likeness (QED) is 0.123. The Labute approximate surface area is 530 Å². The molecule has 0 bridgehead atoms. The molecule has 436 valence electrons. The SMILES string of the molecule is C[SiH2]c1ccc(N(c2ccc(C)cc2)c2cc3c(c4ccccc24)-c2c(cc(N(c4ccc(C)cc4)c4ccc([Si](C)(C)C)cc4)c4ccccc24)C3(C)C2(C)c3cc(C)c4ccccc4c3-c3c2cc(Nc2ccc([SiH](C)C)cc2)c2ccccc32)cc1. The van der Waals surface area contributed by atoms with Crippen molar-refractivity contribution in [3.8, 4) is 22.3 Å². The van der Waals surface area contributed by atoms with E-state index >= 15 is 0 Å². The zero-order valence-electron chi connectivity index (χ0n) is 53.3. The van der Waals surface area contributed by atoms with E-state index in [0.29, 0.717) is 0 Å². The Morgan fingerprint density at radius 1 is 0.393 bits per heavy atom. The van der Waals surface area contributed by atoms with Crippen LogP contribution in [0, 0.1) is 20.8 Å². The number of fused-ring (bicyclic) bond motifs is 14. The summed E-state index contributed by atoms with van der Waals surface area (Å²) in [5.74, 6) is 0. The molecule has 2 aliphatic carbocycles. The van der Waals surface area contributed by atoms with Gasteiger partial charge in [0, 0.05) is 61.1 Å². The lowest BCUT2D eigenvalue weighted by molar-refractivity contribution is 0.376. The number of hydrogen-bond acceptors (Lipinski definition) is 3. The molecule has 15 rings (SSSR count). The standard InChI is InChI=1S/C83H77N3Si3/c1-52-28-34-56(35-29-52)85(58-38-42-60(87-6)43-39-58)76-50-73-80(69-26-18-14-22-65(69)76)81-70-27-19-15-23-66(70)77(86(57-36-30-53(2)31-37-57)59-40-46-62(47-41-59)89(9,10)11)51-74(81)83(73,5)82(4)71-48-54(3)63-20-12-16-24-67(63)78(71)79-68-25-17-13-21-64(68)75(49-72(79)82)84-55-32-44-61(45-33-55)88(7)8/h12-51,84,88H,87H2,1-11H3. The molecule has 0 radical (unpaired) electrons. The smallest absolute Gasteiger partial charge is 0.0775 e. The summed E-state index contributed by atoms with van der Waals surface area (Å²) in [6.45, 7) is 26.6. The minimum Gasteiger partial charge on any atom is -0.355 e. The third kappa shape index (κ3) is 8.84. The first-order valence-corrected chi connectivity index (χ1v) is 40.6. The fourth-order valence-electron chi connectivity index (χ4n) is 15.5. The fraction of sp³-hybridized carbons (Fsp3) is 0.157. The number of hydrogen-bond donors (Lipinski definition) is 1. The first kappa shape index (κ1) is 56.5. The Bertz CT molecular complexity index is 4970. The second-order valence-electron chi connectivity index (χ2n) is 27.1. The molecule has 13 aromatic rings. The number of nitrogens with zero attached hydrogens (tertiary/aromatic N) is 2. The predicted molar refractivity (Wildman–Crippen MR) is 396 cm³/mol. The van der Waals surface area contributed by atoms with Crippen LogP contribution in [-0.2, 0) is 10.8 Å². The van der Waals surface area contributed by atoms with Gasteiger partial charge in [-0.3, -0.25) is 0 Å². The van der Waals surface area contributed by atoms with Gasteiger partial charge in [0.2, 0.25) is 0 Å². The highest BCUT2D eigenvalue weighted by molar-refractivity contribution is 6.88. The molecule has 2 unspecified atom stereocenters. The molecule has 2 aliphatic rings. The monoisotopic (exact) mass is 1200 g/mol. The summed E-state index contributed by atoms with van der Waals surface area (Å²) in [4.78, 5) is 5.11. The van der Waals surface area contributed by atoms with Crippen molar-refractivity contribution >= 4 is 131 Å². The highest BCUT2D eigenvalue weighted by Crippen LogP contribution is 2.70. The van der Waals surface area contributed by atoms with Crippen LogP contribution in [0.15, 0.2) is 243 Å². The van der Waals surface area contributed by atoms with Gasteiger partial charge in [-0.15, -0.1) is 0 Å². The zero-order chi connectivity index (χ0) is 61.3. The van der Waals surface area contributed by atoms with Crippen molar-refractivity contribution in [3.05, 3.63) is 282 Å². The van der Waals surface area contributed by atoms with Crippen molar-refractivity contribution in [2.75, 3.05) is 15.1 Å². The Kier molecular flexibility index (Phi) is 13.5. The molecule has 6 heteroatoms. The van der Waals surface area contributed by atoms with Crippen LogP contribution in [0.25, 0.3) is 65.3 Å². The van der Waals surface area contributed by atoms with Crippen molar-refractivity contribution in [3.63, 3.8) is 0 Å². The Balaban J connectivity index is 1.11. The maximum atomic E-state index is 4.10. The summed E-state index contributed by atoms with van der Waals surface area (Å²) in [6.07, 6.45) is 0. The number of anilines is 8. The van der Waals surface area contributed by atoms with E-state index in [0.717, 1.165) is 34.1 Å². The van der Waals surface area contributed by atoms with Crippen LogP contribution in [0.3, 0.4) is 0 Å². The fourth-order valence-corrected chi connectivity index (χ4v) is 18.3. The van der Waals surface area contributed by atoms with Gasteiger partial charge in [-0.1, -0.05) is 244 Å². The van der Waals surface area contributed by atoms with Crippen molar-refractivity contribution in [1.82, 2.24) is 0 Å². The molecule has 3 nitrogen and oxygen atoms in total. The molecule has 0 fully saturated rings. The van der Waals surface area contributed by atoms with Crippen molar-refractivity contribution < 1.29 is 0 Å². The van der Waals surface area contributed by atoms with Crippen LogP contribution >= 0.6 is 0 Å². The minimum atomic E-state index is -1.63. The van der Waals surface area contributed by atoms with Gasteiger partial charge in [0.25, 0.3) is 0 Å². The maximum absolute atomic E-state index is 4.10. The summed E-state index contributed by atoms with van der Waals surface area (Å²) >= 11 is 0. The van der Waals surface area contributed by atoms with Crippen LogP contribution in [0.2, 0.25) is 39.3 Å². The van der Waals surface area contributed by atoms with Crippen LogP contribution in [0.1, 0.15) is 52.8 Å². The van der Waals surface area contributed by atoms with Gasteiger partial charge < -0.3 is 15.1 Å². The lowest BCUT2D eigenvalue weighted by atomic mass is 9.56. The summed E-state index contributed by atoms with van der Waals surface area (Å²) in [5, 5.41) is 18.5. The van der Waals surface area contributed by atoms with Crippen molar-refractivity contribution in [2.24, 2.45) is 0 Å². The molecule has 0 spiro atoms. The van der Waals surface area contributed by atoms with E-state index in [1.807, 2.05) is 0 Å². The molecule has 13 aromatic carbocycles. The Morgan fingerprint density at radius 3 is 1.18 bits per heavy atom. The topological polar surface area (TPSA) is 18.5 Å². The second kappa shape index (κ2) is 21.3. The van der Waals surface area contributed by atoms with Gasteiger partial charge in [0.05, 0.1) is 37.8 Å². The molecule has 0 saturated carbocycles. The minimum absolute atomic E-state index is 0.379. The van der Waals surface area contributed by atoms with E-state index < -0.39 is 27.7 Å². The molecular formula is C83H77N3Si3. The molecule has 0 heterocycles. The Morgan fingerprint density at radius 2 is 0.753 bits per heavy atom. The van der Waals surface area contributed by atoms with Crippen LogP contribution in [0.5, 0.6) is 0 Å². The van der Waals surface area contributed by atoms with Gasteiger partial charge in [0.1, 0.15) is 0 Å². The first-order chi connectivity index (χ1) is 43.0. The molecule has 0 aliphatic heterocycles. The van der Waals surface area contributed by atoms with Crippen molar-refractivity contribution in [2.45, 2.75) is 84.7 Å². The number of rotatable bonds is 12. The van der Waals surface area contributed by atoms with E-state index in [-0.39, 0.29) is 9.52 Å². The highest BCUT2D eigenvalue weighted by Gasteiger charge is 2.59. The largest absolute Gasteiger partial charge is 0.355 e. The molecule has 0 amide bonds. The van der Waals surface area contributed by atoms with Crippen LogP contribution in [0.4, 0.5) is 45.5 Å². The van der Waals surface area contributed by atoms with E-state index in [2.05, 4.69) is 332 Å². The lowest BCUT2D eigenvalue weighted by Gasteiger charge is -2.46. The van der Waals surface area contributed by atoms with Gasteiger partial charge in [-0.05, 0) is 177 Å². The summed E-state index contributed by atoms with van der Waals surface area (Å²) in [7, 11) is -3.02. The average Bonchev–Trinajstić information content (AvgIpc) is 1.50. The van der Waals surface area contributed by atoms with Gasteiger partial charge in [-0.25, -0.2) is 0 Å². The molecule has 2 atom stereocenters. The molecule has 0 saturated heterocycles. The molecule has 89 heavy (non-hydrogen) atoms. The van der Waals surface area contributed by atoms with Gasteiger partial charge >= 0.3 is 0 Å². The Hall–Kier alpha value is -9.05. The molecule has 0 aromatic heterocycles. The first-order valence-electron chi connectivity index (χ1n) is 32.1. The van der Waals surface area contributed by atoms with E-state index in [1.165, 1.54) is 131 Å². The summed E-state index contributed by atoms with van der Waals surface area (Å²) in [6, 6.07) is 94.3. The zero-order valence-corrected chi connectivity index (χ0v) is 56.8. The van der Waals surface area contributed by atoms with Crippen LogP contribution in [-0.4, -0.2) is 26.4 Å². The summed E-state index contributed by atoms with van der Waals surface area (Å²) < 4.78 is 0. The van der Waals surface area contributed by atoms with E-state index in [4.69, 9.17) is 0 Å². The number of benzene rings is 13. The van der Waals surface area contributed by atoms with Gasteiger partial charge in [0.15, 0.2) is 0 Å². The maximum Gasteiger partial charge on any atom is 0.0775 e. The molecular weight excluding hydrogens is 1120 g/mol. The number of nitrogens with one attached hydrogen (secondary N) is 1. The third-order valence-corrected chi connectivity index (χ3v) is 25.6. The second-order valence-corrected chi connectivity index (χ2v) is 36.7. The van der Waals surface area contributed by atoms with E-state index in [9.17, 15) is 0 Å². The highest BCUT2D eigenvalue weighted by atomic mass is 28.3. The van der Waals surface area contributed by atoms with E-state index in [1.54, 1.807) is 0 Å². The van der Waals surface area contributed by atoms with Gasteiger partial charge in [-0.2, -0.15) is 0 Å². The predicted octanol–water partition coefficient (Wildman–Crippen LogP) is 20.3. The van der Waals surface area contributed by atoms with Crippen molar-refractivity contribution in [1.29, 1.82) is 0 Å². The number of aryl methyl sites for hydroxylation is 3. The van der Waals surface area contributed by atoms with Crippen LogP contribution < -0.4 is 30.7 Å². The third-order valence-electron chi connectivity index (χ3n) is 20.5. The lowest BCUT2D eigenvalue weighted by Crippen LogP contribution is -2.44. The normalized spacial score (nSPS) is 16.0. The molecule has 1 N–H and O–H groups in total.